The quantitative estimate of drug-likeness (QED) is 0.479. The second-order valence-corrected chi connectivity index (χ2v) is 6.09. The first-order valence-corrected chi connectivity index (χ1v) is 8.69. The molecule has 0 aliphatic carbocycles. The first-order chi connectivity index (χ1) is 13.0. The highest BCUT2D eigenvalue weighted by Gasteiger charge is 2.21. The molecule has 0 aromatic heterocycles. The van der Waals surface area contributed by atoms with Gasteiger partial charge < -0.3 is 25.8 Å². The van der Waals surface area contributed by atoms with Crippen LogP contribution in [0.25, 0.3) is 0 Å². The van der Waals surface area contributed by atoms with Crippen molar-refractivity contribution in [3.63, 3.8) is 0 Å². The molecule has 2 rings (SSSR count). The van der Waals surface area contributed by atoms with Gasteiger partial charge in [0.2, 0.25) is 5.91 Å². The average molecular weight is 371 g/mol. The Morgan fingerprint density at radius 1 is 1.11 bits per heavy atom. The Kier molecular flexibility index (Phi) is 7.63. The number of aliphatic carboxylic acids is 1. The standard InChI is InChI=1S/C20H25N3O4/c1-14-6-5-7-15(12-14)21-10-11-22-17(20(25)26)13-19(24)23-16-8-3-4-9-18(16)27-2/h3-9,12,17,21-22H,10-11,13H2,1-2H3,(H,23,24)(H,25,26)/t17-/m1/s1. The van der Waals surface area contributed by atoms with Crippen molar-refractivity contribution in [1.29, 1.82) is 0 Å². The van der Waals surface area contributed by atoms with Crippen molar-refractivity contribution in [3.05, 3.63) is 54.1 Å². The molecule has 1 atom stereocenters. The van der Waals surface area contributed by atoms with Gasteiger partial charge in [0.25, 0.3) is 0 Å². The largest absolute Gasteiger partial charge is 0.495 e. The van der Waals surface area contributed by atoms with Crippen LogP contribution in [-0.2, 0) is 9.59 Å². The minimum atomic E-state index is -1.07. The molecule has 0 heterocycles. The van der Waals surface area contributed by atoms with Gasteiger partial charge in [0.05, 0.1) is 19.2 Å². The van der Waals surface area contributed by atoms with Gasteiger partial charge >= 0.3 is 5.97 Å². The molecule has 4 N–H and O–H groups in total. The number of hydrogen-bond donors (Lipinski definition) is 4. The lowest BCUT2D eigenvalue weighted by molar-refractivity contribution is -0.141. The van der Waals surface area contributed by atoms with E-state index >= 15 is 0 Å². The Morgan fingerprint density at radius 3 is 2.59 bits per heavy atom. The first-order valence-electron chi connectivity index (χ1n) is 8.69. The van der Waals surface area contributed by atoms with Crippen LogP contribution in [0, 0.1) is 6.92 Å². The number of hydrogen-bond acceptors (Lipinski definition) is 5. The van der Waals surface area contributed by atoms with Gasteiger partial charge in [-0.1, -0.05) is 24.3 Å². The number of benzene rings is 2. The predicted octanol–water partition coefficient (Wildman–Crippen LogP) is 2.49. The van der Waals surface area contributed by atoms with Crippen molar-refractivity contribution in [2.45, 2.75) is 19.4 Å². The summed E-state index contributed by atoms with van der Waals surface area (Å²) in [5.74, 6) is -0.945. The minimum absolute atomic E-state index is 0.183. The van der Waals surface area contributed by atoms with Crippen molar-refractivity contribution in [2.24, 2.45) is 0 Å². The third-order valence-electron chi connectivity index (χ3n) is 3.93. The zero-order valence-corrected chi connectivity index (χ0v) is 15.5. The number of carbonyl (C=O) groups is 2. The molecule has 27 heavy (non-hydrogen) atoms. The van der Waals surface area contributed by atoms with E-state index in [9.17, 15) is 14.7 Å². The molecule has 0 aliphatic rings. The molecular formula is C20H25N3O4. The number of anilines is 2. The van der Waals surface area contributed by atoms with E-state index in [1.807, 2.05) is 31.2 Å². The summed E-state index contributed by atoms with van der Waals surface area (Å²) in [4.78, 5) is 23.6. The summed E-state index contributed by atoms with van der Waals surface area (Å²) in [5, 5.41) is 18.2. The van der Waals surface area contributed by atoms with Crippen LogP contribution in [0.15, 0.2) is 48.5 Å². The van der Waals surface area contributed by atoms with Gasteiger partial charge in [-0.15, -0.1) is 0 Å². The van der Waals surface area contributed by atoms with Crippen LogP contribution in [0.1, 0.15) is 12.0 Å². The van der Waals surface area contributed by atoms with Gasteiger partial charge in [-0.3, -0.25) is 9.59 Å². The number of aryl methyl sites for hydroxylation is 1. The van der Waals surface area contributed by atoms with Crippen molar-refractivity contribution >= 4 is 23.3 Å². The summed E-state index contributed by atoms with van der Waals surface area (Å²) in [6, 6.07) is 13.9. The number of carbonyl (C=O) groups excluding carboxylic acids is 1. The molecular weight excluding hydrogens is 346 g/mol. The lowest BCUT2D eigenvalue weighted by atomic mass is 10.2. The molecule has 0 radical (unpaired) electrons. The van der Waals surface area contributed by atoms with Crippen molar-refractivity contribution in [1.82, 2.24) is 5.32 Å². The van der Waals surface area contributed by atoms with Gasteiger partial charge in [0, 0.05) is 18.8 Å². The van der Waals surface area contributed by atoms with E-state index in [-0.39, 0.29) is 6.42 Å². The SMILES string of the molecule is COc1ccccc1NC(=O)C[C@@H](NCCNc1cccc(C)c1)C(=O)O. The van der Waals surface area contributed by atoms with Crippen LogP contribution < -0.4 is 20.7 Å². The van der Waals surface area contributed by atoms with Gasteiger partial charge in [-0.2, -0.15) is 0 Å². The Balaban J connectivity index is 1.82. The molecule has 2 aromatic rings. The topological polar surface area (TPSA) is 99.7 Å². The van der Waals surface area contributed by atoms with Gasteiger partial charge in [0.1, 0.15) is 11.8 Å². The number of amides is 1. The van der Waals surface area contributed by atoms with Crippen LogP contribution in [0.2, 0.25) is 0 Å². The highest BCUT2D eigenvalue weighted by atomic mass is 16.5. The fraction of sp³-hybridized carbons (Fsp3) is 0.300. The molecule has 7 heteroatoms. The molecule has 7 nitrogen and oxygen atoms in total. The van der Waals surface area contributed by atoms with E-state index in [0.717, 1.165) is 11.3 Å². The van der Waals surface area contributed by atoms with Crippen molar-refractivity contribution in [2.75, 3.05) is 30.8 Å². The van der Waals surface area contributed by atoms with Crippen LogP contribution in [0.3, 0.4) is 0 Å². The van der Waals surface area contributed by atoms with Gasteiger partial charge in [-0.05, 0) is 36.8 Å². The number of rotatable bonds is 10. The molecule has 0 saturated carbocycles. The lowest BCUT2D eigenvalue weighted by Crippen LogP contribution is -2.41. The fourth-order valence-corrected chi connectivity index (χ4v) is 2.59. The maximum atomic E-state index is 12.2. The summed E-state index contributed by atoms with van der Waals surface area (Å²) in [6.07, 6.45) is -0.183. The van der Waals surface area contributed by atoms with Crippen LogP contribution in [-0.4, -0.2) is 43.2 Å². The zero-order valence-electron chi connectivity index (χ0n) is 15.5. The summed E-state index contributed by atoms with van der Waals surface area (Å²) in [6.45, 7) is 2.96. The smallest absolute Gasteiger partial charge is 0.321 e. The third kappa shape index (κ3) is 6.63. The van der Waals surface area contributed by atoms with Gasteiger partial charge in [0.15, 0.2) is 0 Å². The molecule has 2 aromatic carbocycles. The van der Waals surface area contributed by atoms with Crippen LogP contribution >= 0.6 is 0 Å². The van der Waals surface area contributed by atoms with E-state index < -0.39 is 17.9 Å². The Hall–Kier alpha value is -3.06. The molecule has 0 unspecified atom stereocenters. The monoisotopic (exact) mass is 371 g/mol. The maximum absolute atomic E-state index is 12.2. The normalized spacial score (nSPS) is 11.5. The molecule has 0 saturated heterocycles. The molecule has 1 amide bonds. The number of ether oxygens (including phenoxy) is 1. The lowest BCUT2D eigenvalue weighted by Gasteiger charge is -2.16. The van der Waals surface area contributed by atoms with E-state index in [1.54, 1.807) is 24.3 Å². The van der Waals surface area contributed by atoms with Crippen molar-refractivity contribution < 1.29 is 19.4 Å². The second kappa shape index (κ2) is 10.2. The minimum Gasteiger partial charge on any atom is -0.495 e. The van der Waals surface area contributed by atoms with Crippen LogP contribution in [0.4, 0.5) is 11.4 Å². The average Bonchev–Trinajstić information content (AvgIpc) is 2.64. The van der Waals surface area contributed by atoms with E-state index in [2.05, 4.69) is 16.0 Å². The molecule has 0 bridgehead atoms. The molecule has 0 aliphatic heterocycles. The summed E-state index contributed by atoms with van der Waals surface area (Å²) >= 11 is 0. The maximum Gasteiger partial charge on any atom is 0.321 e. The number of para-hydroxylation sites is 2. The number of methoxy groups -OCH3 is 1. The Morgan fingerprint density at radius 2 is 1.89 bits per heavy atom. The number of nitrogens with one attached hydrogen (secondary N) is 3. The second-order valence-electron chi connectivity index (χ2n) is 6.09. The van der Waals surface area contributed by atoms with E-state index in [0.29, 0.717) is 24.5 Å². The fourth-order valence-electron chi connectivity index (χ4n) is 2.59. The third-order valence-corrected chi connectivity index (χ3v) is 3.93. The Bertz CT molecular complexity index is 779. The number of carboxylic acid groups (broad SMARTS) is 1. The van der Waals surface area contributed by atoms with Crippen LogP contribution in [0.5, 0.6) is 5.75 Å². The highest BCUT2D eigenvalue weighted by Crippen LogP contribution is 2.23. The zero-order chi connectivity index (χ0) is 19.6. The number of carboxylic acids is 1. The summed E-state index contributed by atoms with van der Waals surface area (Å²) in [5.41, 5.74) is 2.62. The van der Waals surface area contributed by atoms with Crippen molar-refractivity contribution in [3.8, 4) is 5.75 Å². The molecule has 0 spiro atoms. The molecule has 0 fully saturated rings. The summed E-state index contributed by atoms with van der Waals surface area (Å²) in [7, 11) is 1.51. The molecule has 144 valence electrons. The summed E-state index contributed by atoms with van der Waals surface area (Å²) < 4.78 is 5.17. The predicted molar refractivity (Wildman–Crippen MR) is 105 cm³/mol. The first kappa shape index (κ1) is 20.3. The highest BCUT2D eigenvalue weighted by molar-refractivity contribution is 5.95. The Labute approximate surface area is 158 Å². The van der Waals surface area contributed by atoms with E-state index in [4.69, 9.17) is 4.74 Å². The van der Waals surface area contributed by atoms with Gasteiger partial charge in [-0.25, -0.2) is 0 Å². The van der Waals surface area contributed by atoms with E-state index in [1.165, 1.54) is 7.11 Å².